The van der Waals surface area contributed by atoms with Gasteiger partial charge < -0.3 is 9.88 Å². The Morgan fingerprint density at radius 3 is 2.65 bits per heavy atom. The van der Waals surface area contributed by atoms with Crippen molar-refractivity contribution in [1.82, 2.24) is 9.88 Å². The molecule has 1 atom stereocenters. The summed E-state index contributed by atoms with van der Waals surface area (Å²) in [5, 5.41) is 8.03. The number of hydrogen-bond donors (Lipinski definition) is 2. The first-order valence-corrected chi connectivity index (χ1v) is 8.36. The summed E-state index contributed by atoms with van der Waals surface area (Å²) in [6.45, 7) is 2.04. The zero-order chi connectivity index (χ0) is 14.9. The zero-order valence-electron chi connectivity index (χ0n) is 11.8. The molecule has 20 heavy (non-hydrogen) atoms. The Kier molecular flexibility index (Phi) is 4.19. The Hall–Kier alpha value is -1.34. The van der Waals surface area contributed by atoms with E-state index >= 15 is 0 Å². The molecule has 112 valence electrons. The second-order valence-electron chi connectivity index (χ2n) is 5.47. The van der Waals surface area contributed by atoms with Gasteiger partial charge in [0.05, 0.1) is 0 Å². The largest absolute Gasteiger partial charge is 0.348 e. The van der Waals surface area contributed by atoms with Crippen molar-refractivity contribution in [2.24, 2.45) is 18.1 Å². The van der Waals surface area contributed by atoms with E-state index in [1.54, 1.807) is 7.05 Å². The predicted octanol–water partition coefficient (Wildman–Crippen LogP) is 0.981. The first-order chi connectivity index (χ1) is 9.31. The van der Waals surface area contributed by atoms with E-state index in [9.17, 15) is 13.2 Å². The molecule has 0 spiro atoms. The molecule has 6 nitrogen and oxygen atoms in total. The third-order valence-corrected chi connectivity index (χ3v) is 4.56. The van der Waals surface area contributed by atoms with Crippen LogP contribution in [-0.2, 0) is 17.1 Å². The van der Waals surface area contributed by atoms with Crippen molar-refractivity contribution in [2.75, 3.05) is 0 Å². The van der Waals surface area contributed by atoms with Crippen LogP contribution in [0.2, 0.25) is 0 Å². The second-order valence-corrected chi connectivity index (χ2v) is 7.04. The minimum atomic E-state index is -3.78. The fourth-order valence-electron chi connectivity index (χ4n) is 2.26. The molecule has 0 radical (unpaired) electrons. The number of carbonyl (C=O) groups is 1. The van der Waals surface area contributed by atoms with Gasteiger partial charge in [-0.3, -0.25) is 4.79 Å². The predicted molar refractivity (Wildman–Crippen MR) is 75.7 cm³/mol. The van der Waals surface area contributed by atoms with E-state index in [-0.39, 0.29) is 16.8 Å². The van der Waals surface area contributed by atoms with Gasteiger partial charge in [0.2, 0.25) is 10.0 Å². The topological polar surface area (TPSA) is 94.2 Å². The number of nitrogens with zero attached hydrogens (tertiary/aromatic N) is 1. The van der Waals surface area contributed by atoms with Crippen LogP contribution in [0.1, 0.15) is 43.1 Å². The van der Waals surface area contributed by atoms with Gasteiger partial charge in [-0.05, 0) is 24.8 Å². The first kappa shape index (κ1) is 15.1. The number of nitrogens with one attached hydrogen (secondary N) is 1. The molecule has 3 N–H and O–H groups in total. The Balaban J connectivity index is 2.10. The summed E-state index contributed by atoms with van der Waals surface area (Å²) in [6.07, 6.45) is 5.70. The highest BCUT2D eigenvalue weighted by molar-refractivity contribution is 7.89. The van der Waals surface area contributed by atoms with Crippen LogP contribution in [0, 0.1) is 5.92 Å². The molecule has 0 aromatic carbocycles. The smallest absolute Gasteiger partial charge is 0.268 e. The number of amides is 1. The number of nitrogens with two attached hydrogens (primary N) is 1. The maximum Gasteiger partial charge on any atom is 0.268 e. The van der Waals surface area contributed by atoms with Crippen LogP contribution in [-0.4, -0.2) is 24.9 Å². The average Bonchev–Trinajstić information content (AvgIpc) is 3.07. The Bertz CT molecular complexity index is 602. The Morgan fingerprint density at radius 2 is 2.20 bits per heavy atom. The minimum absolute atomic E-state index is 0.0413. The first-order valence-electron chi connectivity index (χ1n) is 6.81. The van der Waals surface area contributed by atoms with Crippen molar-refractivity contribution in [3.63, 3.8) is 0 Å². The molecule has 1 aliphatic carbocycles. The molecule has 2 rings (SSSR count). The van der Waals surface area contributed by atoms with Crippen LogP contribution >= 0.6 is 0 Å². The minimum Gasteiger partial charge on any atom is -0.348 e. The van der Waals surface area contributed by atoms with Gasteiger partial charge in [-0.1, -0.05) is 19.8 Å². The van der Waals surface area contributed by atoms with Crippen LogP contribution in [0.25, 0.3) is 0 Å². The van der Waals surface area contributed by atoms with Gasteiger partial charge in [0.15, 0.2) is 0 Å². The summed E-state index contributed by atoms with van der Waals surface area (Å²) in [5.74, 6) is 0.476. The number of rotatable bonds is 6. The molecular weight excluding hydrogens is 278 g/mol. The monoisotopic (exact) mass is 299 g/mol. The lowest BCUT2D eigenvalue weighted by atomic mass is 10.1. The molecule has 1 amide bonds. The normalized spacial score (nSPS) is 16.9. The van der Waals surface area contributed by atoms with Gasteiger partial charge in [-0.15, -0.1) is 0 Å². The van der Waals surface area contributed by atoms with Gasteiger partial charge in [-0.2, -0.15) is 0 Å². The van der Waals surface area contributed by atoms with Gasteiger partial charge in [0.25, 0.3) is 5.91 Å². The Labute approximate surface area is 119 Å². The van der Waals surface area contributed by atoms with E-state index < -0.39 is 10.0 Å². The van der Waals surface area contributed by atoms with E-state index in [2.05, 4.69) is 5.32 Å². The summed E-state index contributed by atoms with van der Waals surface area (Å²) < 4.78 is 24.1. The fourth-order valence-corrected chi connectivity index (χ4v) is 2.84. The fraction of sp³-hybridized carbons (Fsp3) is 0.615. The van der Waals surface area contributed by atoms with Crippen LogP contribution in [0.5, 0.6) is 0 Å². The third kappa shape index (κ3) is 3.61. The highest BCUT2D eigenvalue weighted by atomic mass is 32.2. The van der Waals surface area contributed by atoms with Crippen molar-refractivity contribution in [3.05, 3.63) is 18.0 Å². The number of carbonyl (C=O) groups excluding carboxylic acids is 1. The highest BCUT2D eigenvalue weighted by Gasteiger charge is 2.26. The summed E-state index contributed by atoms with van der Waals surface area (Å²) >= 11 is 0. The molecule has 1 heterocycles. The molecule has 0 bridgehead atoms. The van der Waals surface area contributed by atoms with Crippen molar-refractivity contribution < 1.29 is 13.2 Å². The molecule has 1 fully saturated rings. The summed E-state index contributed by atoms with van der Waals surface area (Å²) in [5.41, 5.74) is 0.309. The van der Waals surface area contributed by atoms with Crippen LogP contribution in [0.3, 0.4) is 0 Å². The summed E-state index contributed by atoms with van der Waals surface area (Å²) in [4.78, 5) is 12.2. The molecule has 1 unspecified atom stereocenters. The van der Waals surface area contributed by atoms with Crippen LogP contribution in [0.4, 0.5) is 0 Å². The number of aryl methyl sites for hydroxylation is 1. The summed E-state index contributed by atoms with van der Waals surface area (Å²) in [7, 11) is -2.15. The molecule has 1 aliphatic rings. The number of hydrogen-bond acceptors (Lipinski definition) is 3. The van der Waals surface area contributed by atoms with Crippen molar-refractivity contribution >= 4 is 15.9 Å². The van der Waals surface area contributed by atoms with Crippen LogP contribution < -0.4 is 10.5 Å². The lowest BCUT2D eigenvalue weighted by Crippen LogP contribution is -2.35. The van der Waals surface area contributed by atoms with E-state index in [4.69, 9.17) is 5.14 Å². The number of sulfonamides is 1. The SMILES string of the molecule is CCC(CC1CC1)NC(=O)c1cc(S(N)(=O)=O)cn1C. The molecule has 1 saturated carbocycles. The maximum atomic E-state index is 12.2. The quantitative estimate of drug-likeness (QED) is 0.820. The van der Waals surface area contributed by atoms with Gasteiger partial charge in [0, 0.05) is 19.3 Å². The van der Waals surface area contributed by atoms with Gasteiger partial charge in [-0.25, -0.2) is 13.6 Å². The zero-order valence-corrected chi connectivity index (χ0v) is 12.6. The number of aromatic nitrogens is 1. The highest BCUT2D eigenvalue weighted by Crippen LogP contribution is 2.34. The van der Waals surface area contributed by atoms with Crippen molar-refractivity contribution in [1.29, 1.82) is 0 Å². The molecule has 0 saturated heterocycles. The molecule has 0 aliphatic heterocycles. The van der Waals surface area contributed by atoms with Crippen LogP contribution in [0.15, 0.2) is 17.2 Å². The van der Waals surface area contributed by atoms with Crippen molar-refractivity contribution in [3.8, 4) is 0 Å². The molecular formula is C13H21N3O3S. The summed E-state index contributed by atoms with van der Waals surface area (Å²) in [6, 6.07) is 1.46. The number of primary sulfonamides is 1. The van der Waals surface area contributed by atoms with Gasteiger partial charge >= 0.3 is 0 Å². The van der Waals surface area contributed by atoms with E-state index in [1.807, 2.05) is 6.92 Å². The second kappa shape index (κ2) is 5.57. The lowest BCUT2D eigenvalue weighted by Gasteiger charge is -2.16. The van der Waals surface area contributed by atoms with E-state index in [1.165, 1.54) is 29.7 Å². The van der Waals surface area contributed by atoms with E-state index in [0.717, 1.165) is 18.8 Å². The molecule has 1 aromatic heterocycles. The third-order valence-electron chi connectivity index (χ3n) is 3.68. The maximum absolute atomic E-state index is 12.2. The van der Waals surface area contributed by atoms with Crippen molar-refractivity contribution in [2.45, 2.75) is 43.5 Å². The average molecular weight is 299 g/mol. The van der Waals surface area contributed by atoms with E-state index in [0.29, 0.717) is 5.69 Å². The standard InChI is InChI=1S/C13H21N3O3S/c1-3-10(6-9-4-5-9)15-13(17)12-7-11(8-16(12)2)20(14,18)19/h7-10H,3-6H2,1-2H3,(H,15,17)(H2,14,18,19). The lowest BCUT2D eigenvalue weighted by molar-refractivity contribution is 0.0924. The Morgan fingerprint density at radius 1 is 1.55 bits per heavy atom. The molecule has 7 heteroatoms. The molecule has 1 aromatic rings. The van der Waals surface area contributed by atoms with Gasteiger partial charge in [0.1, 0.15) is 10.6 Å².